The number of morpholine rings is 1. The first-order valence-electron chi connectivity index (χ1n) is 9.41. The Kier molecular flexibility index (Phi) is 4.96. The van der Waals surface area contributed by atoms with Crippen LogP contribution in [0.25, 0.3) is 16.6 Å². The Balaban J connectivity index is 1.58. The molecule has 1 aliphatic heterocycles. The third-order valence-electron chi connectivity index (χ3n) is 5.13. The molecule has 3 aromatic rings. The Morgan fingerprint density at radius 3 is 2.74 bits per heavy atom. The molecule has 1 aliphatic rings. The quantitative estimate of drug-likeness (QED) is 0.738. The molecule has 27 heavy (non-hydrogen) atoms. The Bertz CT molecular complexity index is 1030. The first-order chi connectivity index (χ1) is 13.2. The van der Waals surface area contributed by atoms with E-state index in [1.807, 2.05) is 47.9 Å². The van der Waals surface area contributed by atoms with E-state index in [1.54, 1.807) is 4.57 Å². The van der Waals surface area contributed by atoms with Crippen molar-refractivity contribution in [1.82, 2.24) is 19.2 Å². The van der Waals surface area contributed by atoms with Crippen molar-refractivity contribution >= 4 is 22.5 Å². The van der Waals surface area contributed by atoms with E-state index in [1.165, 1.54) is 0 Å². The number of fused-ring (bicyclic) bond motifs is 3. The third kappa shape index (κ3) is 3.36. The molecule has 142 valence electrons. The van der Waals surface area contributed by atoms with Gasteiger partial charge in [0.15, 0.2) is 0 Å². The van der Waals surface area contributed by atoms with E-state index in [0.29, 0.717) is 24.2 Å². The minimum Gasteiger partial charge on any atom is -0.379 e. The van der Waals surface area contributed by atoms with Gasteiger partial charge in [-0.05, 0) is 37.3 Å². The minimum absolute atomic E-state index is 0.0418. The molecule has 1 aromatic carbocycles. The lowest BCUT2D eigenvalue weighted by Gasteiger charge is -2.26. The summed E-state index contributed by atoms with van der Waals surface area (Å²) in [5, 5.41) is 2.98. The van der Waals surface area contributed by atoms with Crippen molar-refractivity contribution in [3.8, 4) is 0 Å². The average molecular weight is 368 g/mol. The number of hydrogen-bond donors (Lipinski definition) is 1. The van der Waals surface area contributed by atoms with Crippen LogP contribution in [-0.2, 0) is 11.3 Å². The zero-order valence-electron chi connectivity index (χ0n) is 15.5. The minimum atomic E-state index is -0.118. The molecular formula is C20H24N4O3. The molecule has 2 aromatic heterocycles. The van der Waals surface area contributed by atoms with Crippen LogP contribution < -0.4 is 10.9 Å². The first-order valence-corrected chi connectivity index (χ1v) is 9.41. The molecule has 0 unspecified atom stereocenters. The summed E-state index contributed by atoms with van der Waals surface area (Å²) in [7, 11) is 0. The predicted molar refractivity (Wildman–Crippen MR) is 104 cm³/mol. The van der Waals surface area contributed by atoms with Gasteiger partial charge in [-0.2, -0.15) is 0 Å². The third-order valence-corrected chi connectivity index (χ3v) is 5.13. The van der Waals surface area contributed by atoms with Crippen LogP contribution in [-0.4, -0.2) is 59.2 Å². The van der Waals surface area contributed by atoms with Crippen LogP contribution in [0, 0.1) is 0 Å². The maximum atomic E-state index is 12.7. The van der Waals surface area contributed by atoms with E-state index >= 15 is 0 Å². The predicted octanol–water partition coefficient (Wildman–Crippen LogP) is 1.34. The number of aryl methyl sites for hydroxylation is 1. The summed E-state index contributed by atoms with van der Waals surface area (Å²) in [5.41, 5.74) is 2.86. The zero-order valence-corrected chi connectivity index (χ0v) is 15.5. The van der Waals surface area contributed by atoms with Crippen LogP contribution in [0.3, 0.4) is 0 Å². The molecule has 0 saturated carbocycles. The van der Waals surface area contributed by atoms with Gasteiger partial charge in [0.2, 0.25) is 0 Å². The number of amides is 1. The van der Waals surface area contributed by atoms with Crippen LogP contribution in [0.4, 0.5) is 0 Å². The molecule has 3 heterocycles. The molecule has 0 aliphatic carbocycles. The lowest BCUT2D eigenvalue weighted by atomic mass is 10.1. The van der Waals surface area contributed by atoms with Gasteiger partial charge in [-0.15, -0.1) is 0 Å². The van der Waals surface area contributed by atoms with E-state index < -0.39 is 0 Å². The SMILES string of the molecule is CCn1c(=O)c2cccn2c2ccc(C(=O)NCCN3CCOCC3)cc21. The van der Waals surface area contributed by atoms with Crippen molar-refractivity contribution in [2.24, 2.45) is 0 Å². The normalized spacial score (nSPS) is 15.4. The highest BCUT2D eigenvalue weighted by atomic mass is 16.5. The highest BCUT2D eigenvalue weighted by Gasteiger charge is 2.14. The number of ether oxygens (including phenoxy) is 1. The summed E-state index contributed by atoms with van der Waals surface area (Å²) < 4.78 is 8.93. The fourth-order valence-corrected chi connectivity index (χ4v) is 3.67. The van der Waals surface area contributed by atoms with Gasteiger partial charge >= 0.3 is 0 Å². The largest absolute Gasteiger partial charge is 0.379 e. The smallest absolute Gasteiger partial charge is 0.275 e. The van der Waals surface area contributed by atoms with Gasteiger partial charge in [0.05, 0.1) is 24.2 Å². The molecule has 7 nitrogen and oxygen atoms in total. The second kappa shape index (κ2) is 7.54. The second-order valence-corrected chi connectivity index (χ2v) is 6.73. The van der Waals surface area contributed by atoms with Gasteiger partial charge in [-0.1, -0.05) is 0 Å². The number of hydrogen-bond acceptors (Lipinski definition) is 4. The maximum Gasteiger partial charge on any atom is 0.275 e. The molecule has 0 bridgehead atoms. The van der Waals surface area contributed by atoms with Gasteiger partial charge in [0, 0.05) is 44.5 Å². The molecule has 0 spiro atoms. The Hall–Kier alpha value is -2.64. The van der Waals surface area contributed by atoms with Crippen LogP contribution in [0.5, 0.6) is 0 Å². The van der Waals surface area contributed by atoms with Gasteiger partial charge in [-0.3, -0.25) is 14.5 Å². The maximum absolute atomic E-state index is 12.7. The van der Waals surface area contributed by atoms with Crippen molar-refractivity contribution in [1.29, 1.82) is 0 Å². The highest BCUT2D eigenvalue weighted by Crippen LogP contribution is 2.17. The topological polar surface area (TPSA) is 68.0 Å². The molecule has 1 N–H and O–H groups in total. The lowest BCUT2D eigenvalue weighted by Crippen LogP contribution is -2.41. The molecule has 1 saturated heterocycles. The Morgan fingerprint density at radius 1 is 1.15 bits per heavy atom. The number of nitrogens with zero attached hydrogens (tertiary/aromatic N) is 3. The summed E-state index contributed by atoms with van der Waals surface area (Å²) in [6, 6.07) is 9.22. The molecule has 0 radical (unpaired) electrons. The van der Waals surface area contributed by atoms with Crippen molar-refractivity contribution in [3.63, 3.8) is 0 Å². The fraction of sp³-hybridized carbons (Fsp3) is 0.400. The van der Waals surface area contributed by atoms with Crippen molar-refractivity contribution < 1.29 is 9.53 Å². The summed E-state index contributed by atoms with van der Waals surface area (Å²) >= 11 is 0. The monoisotopic (exact) mass is 368 g/mol. The van der Waals surface area contributed by atoms with Gasteiger partial charge in [-0.25, -0.2) is 0 Å². The standard InChI is InChI=1S/C20H24N4O3/c1-2-23-18-14-15(19(25)21-7-9-22-10-12-27-13-11-22)5-6-16(18)24-8-3-4-17(24)20(23)26/h3-6,8,14H,2,7,9-13H2,1H3,(H,21,25). The number of carbonyl (C=O) groups is 1. The number of aromatic nitrogens is 2. The van der Waals surface area contributed by atoms with Crippen LogP contribution in [0.2, 0.25) is 0 Å². The molecule has 4 rings (SSSR count). The van der Waals surface area contributed by atoms with E-state index in [0.717, 1.165) is 43.9 Å². The van der Waals surface area contributed by atoms with E-state index in [-0.39, 0.29) is 11.5 Å². The van der Waals surface area contributed by atoms with E-state index in [4.69, 9.17) is 4.74 Å². The van der Waals surface area contributed by atoms with Gasteiger partial charge < -0.3 is 19.0 Å². The lowest BCUT2D eigenvalue weighted by molar-refractivity contribution is 0.0383. The van der Waals surface area contributed by atoms with Gasteiger partial charge in [0.1, 0.15) is 5.52 Å². The number of nitrogens with one attached hydrogen (secondary N) is 1. The van der Waals surface area contributed by atoms with Crippen molar-refractivity contribution in [3.05, 3.63) is 52.4 Å². The summed E-state index contributed by atoms with van der Waals surface area (Å²) in [4.78, 5) is 27.5. The fourth-order valence-electron chi connectivity index (χ4n) is 3.67. The first kappa shape index (κ1) is 17.8. The Labute approximate surface area is 157 Å². The molecule has 0 atom stereocenters. The van der Waals surface area contributed by atoms with E-state index in [2.05, 4.69) is 10.2 Å². The van der Waals surface area contributed by atoms with E-state index in [9.17, 15) is 9.59 Å². The summed E-state index contributed by atoms with van der Waals surface area (Å²) in [5.74, 6) is -0.118. The van der Waals surface area contributed by atoms with Crippen molar-refractivity contribution in [2.45, 2.75) is 13.5 Å². The highest BCUT2D eigenvalue weighted by molar-refractivity contribution is 5.97. The summed E-state index contributed by atoms with van der Waals surface area (Å²) in [6.07, 6.45) is 1.88. The molecular weight excluding hydrogens is 344 g/mol. The van der Waals surface area contributed by atoms with Crippen LogP contribution >= 0.6 is 0 Å². The van der Waals surface area contributed by atoms with Crippen LogP contribution in [0.1, 0.15) is 17.3 Å². The molecule has 1 fully saturated rings. The Morgan fingerprint density at radius 2 is 1.96 bits per heavy atom. The van der Waals surface area contributed by atoms with Crippen LogP contribution in [0.15, 0.2) is 41.3 Å². The second-order valence-electron chi connectivity index (χ2n) is 6.73. The van der Waals surface area contributed by atoms with Gasteiger partial charge in [0.25, 0.3) is 11.5 Å². The number of benzene rings is 1. The van der Waals surface area contributed by atoms with Crippen molar-refractivity contribution in [2.75, 3.05) is 39.4 Å². The molecule has 1 amide bonds. The number of rotatable bonds is 5. The molecule has 7 heteroatoms. The summed E-state index contributed by atoms with van der Waals surface area (Å²) in [6.45, 7) is 7.21. The zero-order chi connectivity index (χ0) is 18.8. The average Bonchev–Trinajstić information content (AvgIpc) is 3.19. The number of carbonyl (C=O) groups excluding carboxylic acids is 1.